The SMILES string of the molecule is CCCC(=O)C(c1cccc(OC)c1)N1CCN(c2ccc(Br)cc2)C1=O. The van der Waals surface area contributed by atoms with Crippen molar-refractivity contribution in [1.82, 2.24) is 4.90 Å². The largest absolute Gasteiger partial charge is 0.497 e. The summed E-state index contributed by atoms with van der Waals surface area (Å²) < 4.78 is 6.27. The van der Waals surface area contributed by atoms with E-state index in [1.807, 2.05) is 55.5 Å². The lowest BCUT2D eigenvalue weighted by molar-refractivity contribution is -0.123. The number of urea groups is 1. The van der Waals surface area contributed by atoms with Gasteiger partial charge in [-0.3, -0.25) is 9.69 Å². The van der Waals surface area contributed by atoms with Crippen molar-refractivity contribution in [3.8, 4) is 5.75 Å². The van der Waals surface area contributed by atoms with E-state index in [1.54, 1.807) is 16.9 Å². The van der Waals surface area contributed by atoms with Crippen LogP contribution in [0.2, 0.25) is 0 Å². The highest BCUT2D eigenvalue weighted by Crippen LogP contribution is 2.32. The second-order valence-corrected chi connectivity index (χ2v) is 7.42. The van der Waals surface area contributed by atoms with Crippen LogP contribution in [-0.4, -0.2) is 36.9 Å². The maximum Gasteiger partial charge on any atom is 0.325 e. The van der Waals surface area contributed by atoms with Gasteiger partial charge in [0, 0.05) is 29.7 Å². The van der Waals surface area contributed by atoms with E-state index >= 15 is 0 Å². The van der Waals surface area contributed by atoms with Gasteiger partial charge in [-0.05, 0) is 48.4 Å². The van der Waals surface area contributed by atoms with Gasteiger partial charge in [-0.25, -0.2) is 4.79 Å². The van der Waals surface area contributed by atoms with E-state index in [2.05, 4.69) is 15.9 Å². The molecular weight excluding hydrogens is 408 g/mol. The lowest BCUT2D eigenvalue weighted by Crippen LogP contribution is -2.38. The molecule has 2 aromatic rings. The maximum absolute atomic E-state index is 13.1. The Morgan fingerprint density at radius 3 is 2.59 bits per heavy atom. The number of carbonyl (C=O) groups is 2. The summed E-state index contributed by atoms with van der Waals surface area (Å²) in [5.41, 5.74) is 1.62. The molecule has 1 unspecified atom stereocenters. The molecule has 1 aliphatic rings. The molecule has 0 saturated carbocycles. The highest BCUT2D eigenvalue weighted by atomic mass is 79.9. The van der Waals surface area contributed by atoms with E-state index in [9.17, 15) is 9.59 Å². The number of carbonyl (C=O) groups excluding carboxylic acids is 2. The molecule has 1 heterocycles. The van der Waals surface area contributed by atoms with Gasteiger partial charge in [0.05, 0.1) is 7.11 Å². The number of halogens is 1. The number of Topliss-reactive ketones (excluding diaryl/α,β-unsaturated/α-hetero) is 1. The Bertz CT molecular complexity index is 822. The summed E-state index contributed by atoms with van der Waals surface area (Å²) >= 11 is 3.41. The molecule has 2 aromatic carbocycles. The number of methoxy groups -OCH3 is 1. The number of amides is 2. The molecule has 0 bridgehead atoms. The van der Waals surface area contributed by atoms with Gasteiger partial charge < -0.3 is 9.64 Å². The van der Waals surface area contributed by atoms with Gasteiger partial charge in [0.2, 0.25) is 0 Å². The number of ether oxygens (including phenoxy) is 1. The molecule has 1 fully saturated rings. The van der Waals surface area contributed by atoms with Gasteiger partial charge in [-0.2, -0.15) is 0 Å². The van der Waals surface area contributed by atoms with Crippen molar-refractivity contribution >= 4 is 33.4 Å². The Morgan fingerprint density at radius 1 is 1.19 bits per heavy atom. The maximum atomic E-state index is 13.1. The smallest absolute Gasteiger partial charge is 0.325 e. The zero-order valence-electron chi connectivity index (χ0n) is 15.5. The molecule has 1 aliphatic heterocycles. The zero-order valence-corrected chi connectivity index (χ0v) is 17.1. The third kappa shape index (κ3) is 4.16. The van der Waals surface area contributed by atoms with E-state index in [1.165, 1.54) is 0 Å². The van der Waals surface area contributed by atoms with Crippen molar-refractivity contribution in [1.29, 1.82) is 0 Å². The van der Waals surface area contributed by atoms with Crippen LogP contribution in [0.15, 0.2) is 53.0 Å². The first kappa shape index (κ1) is 19.4. The quantitative estimate of drug-likeness (QED) is 0.632. The third-order valence-electron chi connectivity index (χ3n) is 4.70. The minimum Gasteiger partial charge on any atom is -0.497 e. The van der Waals surface area contributed by atoms with Crippen molar-refractivity contribution in [3.63, 3.8) is 0 Å². The fourth-order valence-corrected chi connectivity index (χ4v) is 3.65. The molecule has 1 saturated heterocycles. The highest BCUT2D eigenvalue weighted by molar-refractivity contribution is 9.10. The molecule has 0 aromatic heterocycles. The molecule has 0 radical (unpaired) electrons. The zero-order chi connectivity index (χ0) is 19.4. The molecule has 27 heavy (non-hydrogen) atoms. The Hall–Kier alpha value is -2.34. The van der Waals surface area contributed by atoms with Crippen molar-refractivity contribution in [2.45, 2.75) is 25.8 Å². The predicted molar refractivity (Wildman–Crippen MR) is 109 cm³/mol. The summed E-state index contributed by atoms with van der Waals surface area (Å²) in [6.07, 6.45) is 1.18. The Kier molecular flexibility index (Phi) is 6.16. The molecule has 3 rings (SSSR count). The van der Waals surface area contributed by atoms with Crippen LogP contribution in [0.3, 0.4) is 0 Å². The average molecular weight is 431 g/mol. The first-order valence-corrected chi connectivity index (χ1v) is 9.84. The van der Waals surface area contributed by atoms with Crippen LogP contribution in [0.25, 0.3) is 0 Å². The van der Waals surface area contributed by atoms with E-state index < -0.39 is 6.04 Å². The van der Waals surface area contributed by atoms with Crippen LogP contribution in [-0.2, 0) is 4.79 Å². The number of benzene rings is 2. The minimum atomic E-state index is -0.590. The number of anilines is 1. The van der Waals surface area contributed by atoms with E-state index in [-0.39, 0.29) is 11.8 Å². The van der Waals surface area contributed by atoms with Gasteiger partial charge >= 0.3 is 6.03 Å². The van der Waals surface area contributed by atoms with Gasteiger partial charge in [-0.1, -0.05) is 35.0 Å². The van der Waals surface area contributed by atoms with Crippen LogP contribution in [0.4, 0.5) is 10.5 Å². The summed E-state index contributed by atoms with van der Waals surface area (Å²) in [6.45, 7) is 3.03. The first-order valence-electron chi connectivity index (χ1n) is 9.05. The number of nitrogens with zero attached hydrogens (tertiary/aromatic N) is 2. The molecule has 0 aliphatic carbocycles. The first-order chi connectivity index (χ1) is 13.0. The Labute approximate surface area is 168 Å². The van der Waals surface area contributed by atoms with Crippen molar-refractivity contribution in [3.05, 3.63) is 58.6 Å². The van der Waals surface area contributed by atoms with Gasteiger partial charge in [-0.15, -0.1) is 0 Å². The molecule has 6 heteroatoms. The van der Waals surface area contributed by atoms with E-state index in [4.69, 9.17) is 4.74 Å². The summed E-state index contributed by atoms with van der Waals surface area (Å²) in [7, 11) is 1.60. The number of rotatable bonds is 7. The molecule has 2 amide bonds. The molecule has 0 spiro atoms. The fraction of sp³-hybridized carbons (Fsp3) is 0.333. The molecule has 5 nitrogen and oxygen atoms in total. The van der Waals surface area contributed by atoms with Crippen LogP contribution in [0.5, 0.6) is 5.75 Å². The highest BCUT2D eigenvalue weighted by Gasteiger charge is 2.38. The summed E-state index contributed by atoms with van der Waals surface area (Å²) in [4.78, 5) is 29.4. The second-order valence-electron chi connectivity index (χ2n) is 6.50. The minimum absolute atomic E-state index is 0.0526. The number of ketones is 1. The number of hydrogen-bond acceptors (Lipinski definition) is 3. The van der Waals surface area contributed by atoms with Crippen LogP contribution in [0.1, 0.15) is 31.4 Å². The van der Waals surface area contributed by atoms with Gasteiger partial charge in [0.15, 0.2) is 5.78 Å². The van der Waals surface area contributed by atoms with Crippen LogP contribution in [0, 0.1) is 0 Å². The van der Waals surface area contributed by atoms with E-state index in [0.29, 0.717) is 25.3 Å². The fourth-order valence-electron chi connectivity index (χ4n) is 3.39. The van der Waals surface area contributed by atoms with Gasteiger partial charge in [0.1, 0.15) is 11.8 Å². The normalized spacial score (nSPS) is 15.1. The van der Waals surface area contributed by atoms with Gasteiger partial charge in [0.25, 0.3) is 0 Å². The summed E-state index contributed by atoms with van der Waals surface area (Å²) in [5.74, 6) is 0.731. The third-order valence-corrected chi connectivity index (χ3v) is 5.23. The Balaban J connectivity index is 1.91. The second kappa shape index (κ2) is 8.57. The van der Waals surface area contributed by atoms with Crippen molar-refractivity contribution in [2.24, 2.45) is 0 Å². The standard InChI is InChI=1S/C21H23BrN2O3/c1-3-5-19(25)20(15-6-4-7-18(14-15)27-2)24-13-12-23(21(24)26)17-10-8-16(22)9-11-17/h4,6-11,14,20H,3,5,12-13H2,1-2H3. The lowest BCUT2D eigenvalue weighted by Gasteiger charge is -2.27. The van der Waals surface area contributed by atoms with Crippen LogP contribution < -0.4 is 9.64 Å². The lowest BCUT2D eigenvalue weighted by atomic mass is 9.98. The molecule has 1 atom stereocenters. The number of hydrogen-bond donors (Lipinski definition) is 0. The molecular formula is C21H23BrN2O3. The van der Waals surface area contributed by atoms with Crippen molar-refractivity contribution in [2.75, 3.05) is 25.1 Å². The predicted octanol–water partition coefficient (Wildman–Crippen LogP) is 4.81. The Morgan fingerprint density at radius 2 is 1.93 bits per heavy atom. The van der Waals surface area contributed by atoms with E-state index in [0.717, 1.165) is 22.1 Å². The molecule has 0 N–H and O–H groups in total. The monoisotopic (exact) mass is 430 g/mol. The summed E-state index contributed by atoms with van der Waals surface area (Å²) in [6, 6.07) is 14.3. The summed E-state index contributed by atoms with van der Waals surface area (Å²) in [5, 5.41) is 0. The average Bonchev–Trinajstić information content (AvgIpc) is 3.04. The van der Waals surface area contributed by atoms with Crippen molar-refractivity contribution < 1.29 is 14.3 Å². The topological polar surface area (TPSA) is 49.9 Å². The van der Waals surface area contributed by atoms with Crippen LogP contribution >= 0.6 is 15.9 Å². The molecule has 142 valence electrons.